The van der Waals surface area contributed by atoms with Crippen LogP contribution in [-0.2, 0) is 4.79 Å². The summed E-state index contributed by atoms with van der Waals surface area (Å²) in [5.41, 5.74) is 0. The van der Waals surface area contributed by atoms with Gasteiger partial charge in [0.15, 0.2) is 0 Å². The zero-order chi connectivity index (χ0) is 9.84. The molecule has 0 aliphatic heterocycles. The normalized spacial score (nSPS) is 9.85. The van der Waals surface area contributed by atoms with E-state index in [0.717, 1.165) is 23.1 Å². The standard InChI is InChI=1S/C7H6O4S2/c8-6(9)3-12-4-1-5(7(10)11)13-2-4/h1-2H,3H2,(H,8,9)(H,10,11). The number of hydrogen-bond donors (Lipinski definition) is 2. The quantitative estimate of drug-likeness (QED) is 0.751. The van der Waals surface area contributed by atoms with E-state index in [1.807, 2.05) is 0 Å². The SMILES string of the molecule is O=C(O)CSc1csc(C(=O)O)c1. The van der Waals surface area contributed by atoms with E-state index < -0.39 is 11.9 Å². The number of carbonyl (C=O) groups is 2. The Kier molecular flexibility index (Phi) is 3.32. The summed E-state index contributed by atoms with van der Waals surface area (Å²) in [4.78, 5) is 21.5. The summed E-state index contributed by atoms with van der Waals surface area (Å²) in [6.07, 6.45) is 0. The zero-order valence-corrected chi connectivity index (χ0v) is 8.02. The van der Waals surface area contributed by atoms with Crippen molar-refractivity contribution in [1.82, 2.24) is 0 Å². The van der Waals surface area contributed by atoms with E-state index in [1.54, 1.807) is 5.38 Å². The number of thioether (sulfide) groups is 1. The van der Waals surface area contributed by atoms with Gasteiger partial charge in [-0.3, -0.25) is 4.79 Å². The van der Waals surface area contributed by atoms with Gasteiger partial charge in [0, 0.05) is 10.3 Å². The lowest BCUT2D eigenvalue weighted by Gasteiger charge is -1.90. The molecule has 0 aliphatic rings. The smallest absolute Gasteiger partial charge is 0.345 e. The van der Waals surface area contributed by atoms with Crippen molar-refractivity contribution >= 4 is 35.0 Å². The lowest BCUT2D eigenvalue weighted by molar-refractivity contribution is -0.133. The molecule has 4 nitrogen and oxygen atoms in total. The molecule has 0 saturated heterocycles. The minimum atomic E-state index is -0.979. The molecule has 0 aromatic carbocycles. The molecule has 0 bridgehead atoms. The molecule has 0 unspecified atom stereocenters. The van der Waals surface area contributed by atoms with Gasteiger partial charge in [0.2, 0.25) is 0 Å². The predicted molar refractivity (Wildman–Crippen MR) is 49.6 cm³/mol. The minimum absolute atomic E-state index is 0.0458. The van der Waals surface area contributed by atoms with E-state index in [9.17, 15) is 9.59 Å². The van der Waals surface area contributed by atoms with Crippen molar-refractivity contribution in [2.24, 2.45) is 0 Å². The number of rotatable bonds is 4. The molecule has 0 amide bonds. The molecule has 0 saturated carbocycles. The minimum Gasteiger partial charge on any atom is -0.481 e. The van der Waals surface area contributed by atoms with E-state index in [2.05, 4.69) is 0 Å². The van der Waals surface area contributed by atoms with Crippen LogP contribution in [0.3, 0.4) is 0 Å². The summed E-state index contributed by atoms with van der Waals surface area (Å²) in [5, 5.41) is 18.6. The first-order valence-electron chi connectivity index (χ1n) is 3.26. The molecule has 1 aromatic heterocycles. The maximum atomic E-state index is 10.4. The van der Waals surface area contributed by atoms with Gasteiger partial charge in [0.05, 0.1) is 5.75 Å². The van der Waals surface area contributed by atoms with E-state index in [1.165, 1.54) is 6.07 Å². The van der Waals surface area contributed by atoms with Crippen molar-refractivity contribution in [3.63, 3.8) is 0 Å². The average Bonchev–Trinajstić information content (AvgIpc) is 2.48. The van der Waals surface area contributed by atoms with E-state index >= 15 is 0 Å². The maximum absolute atomic E-state index is 10.4. The highest BCUT2D eigenvalue weighted by atomic mass is 32.2. The molecule has 2 N–H and O–H groups in total. The molecule has 0 radical (unpaired) electrons. The summed E-state index contributed by atoms with van der Waals surface area (Å²) < 4.78 is 0. The summed E-state index contributed by atoms with van der Waals surface area (Å²) in [7, 11) is 0. The van der Waals surface area contributed by atoms with Crippen LogP contribution in [0.4, 0.5) is 0 Å². The molecule has 0 aliphatic carbocycles. The van der Waals surface area contributed by atoms with Crippen molar-refractivity contribution in [2.45, 2.75) is 4.90 Å². The molecule has 70 valence electrons. The first-order valence-corrected chi connectivity index (χ1v) is 5.12. The molecule has 1 rings (SSSR count). The highest BCUT2D eigenvalue weighted by Gasteiger charge is 2.07. The van der Waals surface area contributed by atoms with Crippen LogP contribution in [0.15, 0.2) is 16.3 Å². The topological polar surface area (TPSA) is 74.6 Å². The van der Waals surface area contributed by atoms with E-state index in [4.69, 9.17) is 10.2 Å². The Morgan fingerprint density at radius 2 is 2.15 bits per heavy atom. The highest BCUT2D eigenvalue weighted by molar-refractivity contribution is 8.00. The Hall–Kier alpha value is -1.01. The number of aliphatic carboxylic acids is 1. The van der Waals surface area contributed by atoms with Crippen LogP contribution >= 0.6 is 23.1 Å². The second-order valence-corrected chi connectivity index (χ2v) is 4.09. The molecular weight excluding hydrogens is 212 g/mol. The molecule has 0 fully saturated rings. The van der Waals surface area contributed by atoms with Crippen LogP contribution < -0.4 is 0 Å². The van der Waals surface area contributed by atoms with Crippen LogP contribution in [0.2, 0.25) is 0 Å². The molecule has 6 heteroatoms. The van der Waals surface area contributed by atoms with Gasteiger partial charge in [-0.2, -0.15) is 0 Å². The fourth-order valence-electron chi connectivity index (χ4n) is 0.652. The second kappa shape index (κ2) is 4.29. The molecule has 1 heterocycles. The van der Waals surface area contributed by atoms with Crippen LogP contribution in [0.25, 0.3) is 0 Å². The lowest BCUT2D eigenvalue weighted by Crippen LogP contribution is -1.96. The molecule has 0 atom stereocenters. The van der Waals surface area contributed by atoms with Gasteiger partial charge in [-0.25, -0.2) is 4.79 Å². The van der Waals surface area contributed by atoms with E-state index in [0.29, 0.717) is 4.90 Å². The summed E-state index contributed by atoms with van der Waals surface area (Å²) in [6, 6.07) is 1.47. The van der Waals surface area contributed by atoms with Gasteiger partial charge in [0.25, 0.3) is 0 Å². The monoisotopic (exact) mass is 218 g/mol. The Morgan fingerprint density at radius 1 is 1.46 bits per heavy atom. The Balaban J connectivity index is 2.59. The first kappa shape index (κ1) is 10.1. The van der Waals surface area contributed by atoms with Crippen LogP contribution in [0.5, 0.6) is 0 Å². The van der Waals surface area contributed by atoms with Crippen molar-refractivity contribution in [3.05, 3.63) is 16.3 Å². The molecule has 1 aromatic rings. The van der Waals surface area contributed by atoms with Gasteiger partial charge < -0.3 is 10.2 Å². The number of carboxylic acids is 2. The Morgan fingerprint density at radius 3 is 2.62 bits per heavy atom. The second-order valence-electron chi connectivity index (χ2n) is 2.13. The molecule has 13 heavy (non-hydrogen) atoms. The summed E-state index contributed by atoms with van der Waals surface area (Å²) in [5.74, 6) is -1.93. The zero-order valence-electron chi connectivity index (χ0n) is 6.39. The van der Waals surface area contributed by atoms with Crippen molar-refractivity contribution in [1.29, 1.82) is 0 Å². The fourth-order valence-corrected chi connectivity index (χ4v) is 2.24. The van der Waals surface area contributed by atoms with Crippen LogP contribution in [0, 0.1) is 0 Å². The van der Waals surface area contributed by atoms with Crippen LogP contribution in [0.1, 0.15) is 9.67 Å². The van der Waals surface area contributed by atoms with Crippen molar-refractivity contribution in [2.75, 3.05) is 5.75 Å². The highest BCUT2D eigenvalue weighted by Crippen LogP contribution is 2.24. The molecular formula is C7H6O4S2. The number of thiophene rings is 1. The van der Waals surface area contributed by atoms with Gasteiger partial charge in [-0.05, 0) is 6.07 Å². The fraction of sp³-hybridized carbons (Fsp3) is 0.143. The van der Waals surface area contributed by atoms with Gasteiger partial charge in [0.1, 0.15) is 4.88 Å². The third-order valence-electron chi connectivity index (χ3n) is 1.15. The Labute approximate surface area is 82.2 Å². The number of hydrogen-bond acceptors (Lipinski definition) is 4. The summed E-state index contributed by atoms with van der Waals surface area (Å²) >= 11 is 2.21. The van der Waals surface area contributed by atoms with Crippen molar-refractivity contribution < 1.29 is 19.8 Å². The Bertz CT molecular complexity index is 331. The largest absolute Gasteiger partial charge is 0.481 e. The van der Waals surface area contributed by atoms with Gasteiger partial charge in [-0.1, -0.05) is 0 Å². The molecule has 0 spiro atoms. The number of carboxylic acid groups (broad SMARTS) is 2. The van der Waals surface area contributed by atoms with Crippen LogP contribution in [-0.4, -0.2) is 27.9 Å². The van der Waals surface area contributed by atoms with Crippen molar-refractivity contribution in [3.8, 4) is 0 Å². The van der Waals surface area contributed by atoms with Gasteiger partial charge >= 0.3 is 11.9 Å². The number of aromatic carboxylic acids is 1. The van der Waals surface area contributed by atoms with Gasteiger partial charge in [-0.15, -0.1) is 23.1 Å². The summed E-state index contributed by atoms with van der Waals surface area (Å²) in [6.45, 7) is 0. The maximum Gasteiger partial charge on any atom is 0.345 e. The third-order valence-corrected chi connectivity index (χ3v) is 3.18. The average molecular weight is 218 g/mol. The first-order chi connectivity index (χ1) is 6.09. The van der Waals surface area contributed by atoms with E-state index in [-0.39, 0.29) is 10.6 Å². The third kappa shape index (κ3) is 3.08. The lowest BCUT2D eigenvalue weighted by atomic mass is 10.5. The predicted octanol–water partition coefficient (Wildman–Crippen LogP) is 1.62.